The number of rotatable bonds is 9. The standard InChI is InChI=1S/C8H19N.C6H8N2O/c1-4-5-6-7-8-9(2)3;7-3-1-5-9-6-2-4-8/h4-8H2,1-3H3;1-2,5-6H2. The molecule has 0 amide bonds. The van der Waals surface area contributed by atoms with Gasteiger partial charge in [-0.25, -0.2) is 0 Å². The van der Waals surface area contributed by atoms with Crippen LogP contribution in [0.3, 0.4) is 0 Å². The molecule has 0 N–H and O–H groups in total. The number of nitriles is 2. The van der Waals surface area contributed by atoms with Crippen molar-refractivity contribution in [3.8, 4) is 12.1 Å². The van der Waals surface area contributed by atoms with Crippen molar-refractivity contribution in [2.45, 2.75) is 45.4 Å². The van der Waals surface area contributed by atoms with Crippen LogP contribution in [-0.4, -0.2) is 38.8 Å². The smallest absolute Gasteiger partial charge is 0.0645 e. The van der Waals surface area contributed by atoms with E-state index in [1.54, 1.807) is 0 Å². The summed E-state index contributed by atoms with van der Waals surface area (Å²) in [5.74, 6) is 0. The highest BCUT2D eigenvalue weighted by Gasteiger charge is 1.88. The first-order chi connectivity index (χ1) is 8.68. The summed E-state index contributed by atoms with van der Waals surface area (Å²) in [6.45, 7) is 4.38. The van der Waals surface area contributed by atoms with Crippen molar-refractivity contribution in [3.05, 3.63) is 0 Å². The van der Waals surface area contributed by atoms with Gasteiger partial charge < -0.3 is 9.64 Å². The molecule has 0 heterocycles. The average molecular weight is 253 g/mol. The average Bonchev–Trinajstić information content (AvgIpc) is 2.35. The van der Waals surface area contributed by atoms with Crippen LogP contribution < -0.4 is 0 Å². The van der Waals surface area contributed by atoms with E-state index in [1.165, 1.54) is 32.2 Å². The Kier molecular flexibility index (Phi) is 19.5. The van der Waals surface area contributed by atoms with Crippen molar-refractivity contribution < 1.29 is 4.74 Å². The lowest BCUT2D eigenvalue weighted by molar-refractivity contribution is 0.145. The number of unbranched alkanes of at least 4 members (excludes halogenated alkanes) is 3. The summed E-state index contributed by atoms with van der Waals surface area (Å²) in [5, 5.41) is 16.1. The molecular weight excluding hydrogens is 226 g/mol. The molecule has 0 bridgehead atoms. The molecule has 0 spiro atoms. The first kappa shape index (κ1) is 19.2. The molecule has 4 heteroatoms. The molecule has 0 aromatic heterocycles. The summed E-state index contributed by atoms with van der Waals surface area (Å²) in [4.78, 5) is 2.25. The van der Waals surface area contributed by atoms with Crippen molar-refractivity contribution in [2.24, 2.45) is 0 Å². The SMILES string of the molecule is CCCCCCN(C)C.N#CCCOCCC#N. The van der Waals surface area contributed by atoms with Crippen LogP contribution in [0.2, 0.25) is 0 Å². The third kappa shape index (κ3) is 24.2. The molecule has 0 atom stereocenters. The molecule has 4 nitrogen and oxygen atoms in total. The Bertz CT molecular complexity index is 212. The van der Waals surface area contributed by atoms with Crippen LogP contribution in [0.25, 0.3) is 0 Å². The zero-order chi connectivity index (χ0) is 14.1. The Morgan fingerprint density at radius 3 is 1.89 bits per heavy atom. The van der Waals surface area contributed by atoms with Gasteiger partial charge in [0.25, 0.3) is 0 Å². The second kappa shape index (κ2) is 18.3. The van der Waals surface area contributed by atoms with Crippen LogP contribution in [0.15, 0.2) is 0 Å². The molecule has 18 heavy (non-hydrogen) atoms. The van der Waals surface area contributed by atoms with Crippen molar-refractivity contribution in [3.63, 3.8) is 0 Å². The van der Waals surface area contributed by atoms with E-state index < -0.39 is 0 Å². The lowest BCUT2D eigenvalue weighted by atomic mass is 10.2. The van der Waals surface area contributed by atoms with Crippen molar-refractivity contribution in [2.75, 3.05) is 33.9 Å². The van der Waals surface area contributed by atoms with Gasteiger partial charge in [-0.3, -0.25) is 0 Å². The summed E-state index contributed by atoms with van der Waals surface area (Å²) in [5.41, 5.74) is 0. The largest absolute Gasteiger partial charge is 0.379 e. The Balaban J connectivity index is 0. The normalized spacial score (nSPS) is 9.22. The van der Waals surface area contributed by atoms with Crippen LogP contribution in [0.1, 0.15) is 45.4 Å². The first-order valence-electron chi connectivity index (χ1n) is 6.65. The number of ether oxygens (including phenoxy) is 1. The van der Waals surface area contributed by atoms with E-state index in [1.807, 2.05) is 12.1 Å². The van der Waals surface area contributed by atoms with E-state index in [0.29, 0.717) is 26.1 Å². The highest BCUT2D eigenvalue weighted by molar-refractivity contribution is 4.69. The third-order valence-electron chi connectivity index (χ3n) is 2.18. The van der Waals surface area contributed by atoms with E-state index in [2.05, 4.69) is 25.9 Å². The summed E-state index contributed by atoms with van der Waals surface area (Å²) >= 11 is 0. The molecule has 0 saturated heterocycles. The summed E-state index contributed by atoms with van der Waals surface area (Å²) < 4.78 is 4.87. The second-order valence-corrected chi connectivity index (χ2v) is 4.29. The Morgan fingerprint density at radius 1 is 0.944 bits per heavy atom. The molecular formula is C14H27N3O. The first-order valence-corrected chi connectivity index (χ1v) is 6.65. The molecule has 0 aromatic rings. The molecule has 0 radical (unpaired) electrons. The van der Waals surface area contributed by atoms with E-state index in [4.69, 9.17) is 15.3 Å². The maximum absolute atomic E-state index is 8.03. The number of nitrogens with zero attached hydrogens (tertiary/aromatic N) is 3. The predicted octanol–water partition coefficient (Wildman–Crippen LogP) is 2.96. The summed E-state index contributed by atoms with van der Waals surface area (Å²) in [6, 6.07) is 3.87. The van der Waals surface area contributed by atoms with E-state index in [9.17, 15) is 0 Å². The Morgan fingerprint density at radius 2 is 1.50 bits per heavy atom. The van der Waals surface area contributed by atoms with Crippen molar-refractivity contribution in [1.29, 1.82) is 10.5 Å². The maximum Gasteiger partial charge on any atom is 0.0645 e. The van der Waals surface area contributed by atoms with Crippen LogP contribution >= 0.6 is 0 Å². The molecule has 0 aliphatic heterocycles. The van der Waals surface area contributed by atoms with E-state index >= 15 is 0 Å². The van der Waals surface area contributed by atoms with Crippen molar-refractivity contribution >= 4 is 0 Å². The highest BCUT2D eigenvalue weighted by atomic mass is 16.5. The van der Waals surface area contributed by atoms with E-state index in [-0.39, 0.29) is 0 Å². The highest BCUT2D eigenvalue weighted by Crippen LogP contribution is 1.98. The zero-order valence-electron chi connectivity index (χ0n) is 12.1. The third-order valence-corrected chi connectivity index (χ3v) is 2.18. The molecule has 0 aliphatic rings. The maximum atomic E-state index is 8.03. The van der Waals surface area contributed by atoms with Gasteiger partial charge in [0.05, 0.1) is 38.2 Å². The van der Waals surface area contributed by atoms with Gasteiger partial charge in [0, 0.05) is 0 Å². The van der Waals surface area contributed by atoms with E-state index in [0.717, 1.165) is 0 Å². The molecule has 0 rings (SSSR count). The molecule has 104 valence electrons. The van der Waals surface area contributed by atoms with Gasteiger partial charge in [-0.15, -0.1) is 0 Å². The fourth-order valence-electron chi connectivity index (χ4n) is 1.19. The van der Waals surface area contributed by atoms with Crippen LogP contribution in [0.4, 0.5) is 0 Å². The number of hydrogen-bond acceptors (Lipinski definition) is 4. The van der Waals surface area contributed by atoms with Gasteiger partial charge in [0.1, 0.15) is 0 Å². The van der Waals surface area contributed by atoms with Gasteiger partial charge in [-0.1, -0.05) is 26.2 Å². The molecule has 0 unspecified atom stereocenters. The van der Waals surface area contributed by atoms with Gasteiger partial charge in [0.15, 0.2) is 0 Å². The Hall–Kier alpha value is -1.10. The summed E-state index contributed by atoms with van der Waals surface area (Å²) in [6.07, 6.45) is 6.31. The van der Waals surface area contributed by atoms with Crippen LogP contribution in [0, 0.1) is 22.7 Å². The lowest BCUT2D eigenvalue weighted by Crippen LogP contribution is -2.12. The predicted molar refractivity (Wildman–Crippen MR) is 74.0 cm³/mol. The minimum absolute atomic E-state index is 0.408. The summed E-state index contributed by atoms with van der Waals surface area (Å²) in [7, 11) is 4.26. The second-order valence-electron chi connectivity index (χ2n) is 4.29. The van der Waals surface area contributed by atoms with Crippen LogP contribution in [-0.2, 0) is 4.74 Å². The van der Waals surface area contributed by atoms with Crippen LogP contribution in [0.5, 0.6) is 0 Å². The van der Waals surface area contributed by atoms with Crippen molar-refractivity contribution in [1.82, 2.24) is 4.90 Å². The molecule has 0 saturated carbocycles. The lowest BCUT2D eigenvalue weighted by Gasteiger charge is -2.07. The fourth-order valence-corrected chi connectivity index (χ4v) is 1.19. The quantitative estimate of drug-likeness (QED) is 0.593. The zero-order valence-corrected chi connectivity index (χ0v) is 12.1. The monoisotopic (exact) mass is 253 g/mol. The van der Waals surface area contributed by atoms with Gasteiger partial charge in [0.2, 0.25) is 0 Å². The minimum Gasteiger partial charge on any atom is -0.379 e. The van der Waals surface area contributed by atoms with Gasteiger partial charge >= 0.3 is 0 Å². The number of hydrogen-bond donors (Lipinski definition) is 0. The topological polar surface area (TPSA) is 60.1 Å². The van der Waals surface area contributed by atoms with Gasteiger partial charge in [-0.2, -0.15) is 10.5 Å². The molecule has 0 fully saturated rings. The van der Waals surface area contributed by atoms with Gasteiger partial charge in [-0.05, 0) is 27.1 Å². The molecule has 0 aliphatic carbocycles. The molecule has 0 aromatic carbocycles. The minimum atomic E-state index is 0.408. The fraction of sp³-hybridized carbons (Fsp3) is 0.857. The Labute approximate surface area is 112 Å².